The van der Waals surface area contributed by atoms with Gasteiger partial charge in [0.2, 0.25) is 0 Å². The summed E-state index contributed by atoms with van der Waals surface area (Å²) in [6.07, 6.45) is 0.813. The van der Waals surface area contributed by atoms with Crippen LogP contribution in [0.5, 0.6) is 5.75 Å². The zero-order valence-electron chi connectivity index (χ0n) is 10.1. The van der Waals surface area contributed by atoms with Crippen LogP contribution in [0.3, 0.4) is 0 Å². The van der Waals surface area contributed by atoms with E-state index < -0.39 is 0 Å². The minimum Gasteiger partial charge on any atom is -0.488 e. The molecular weight excluding hydrogens is 241 g/mol. The maximum Gasteiger partial charge on any atom is 0.123 e. The molecule has 0 spiro atoms. The maximum atomic E-state index is 13.0. The van der Waals surface area contributed by atoms with Gasteiger partial charge in [-0.05, 0) is 32.0 Å². The zero-order valence-corrected chi connectivity index (χ0v) is 10.9. The van der Waals surface area contributed by atoms with E-state index in [1.165, 1.54) is 6.07 Å². The lowest BCUT2D eigenvalue weighted by atomic mass is 10.1. The highest BCUT2D eigenvalue weighted by atomic mass is 35.5. The van der Waals surface area contributed by atoms with Gasteiger partial charge in [-0.25, -0.2) is 4.39 Å². The van der Waals surface area contributed by atoms with E-state index in [2.05, 4.69) is 5.32 Å². The number of ether oxygens (including phenoxy) is 1. The van der Waals surface area contributed by atoms with Crippen molar-refractivity contribution in [2.45, 2.75) is 31.9 Å². The average molecular weight is 258 g/mol. The van der Waals surface area contributed by atoms with Crippen LogP contribution in [0.15, 0.2) is 18.2 Å². The third-order valence-electron chi connectivity index (χ3n) is 2.91. The molecule has 0 saturated carbocycles. The summed E-state index contributed by atoms with van der Waals surface area (Å²) in [5, 5.41) is 3.35. The summed E-state index contributed by atoms with van der Waals surface area (Å²) in [7, 11) is 0. The summed E-state index contributed by atoms with van der Waals surface area (Å²) in [4.78, 5) is 0. The monoisotopic (exact) mass is 257 g/mol. The summed E-state index contributed by atoms with van der Waals surface area (Å²) in [5.74, 6) is 1.13. The normalized spacial score (nSPS) is 18.9. The average Bonchev–Trinajstić information content (AvgIpc) is 2.68. The zero-order chi connectivity index (χ0) is 12.5. The number of alkyl halides is 1. The van der Waals surface area contributed by atoms with Crippen molar-refractivity contribution < 1.29 is 9.13 Å². The number of rotatable bonds is 4. The van der Waals surface area contributed by atoms with Gasteiger partial charge in [0.1, 0.15) is 17.7 Å². The Labute approximate surface area is 106 Å². The molecule has 0 saturated heterocycles. The second kappa shape index (κ2) is 4.83. The summed E-state index contributed by atoms with van der Waals surface area (Å²) in [6.45, 7) is 4.81. The Hall–Kier alpha value is -0.800. The number of benzene rings is 1. The van der Waals surface area contributed by atoms with E-state index in [-0.39, 0.29) is 17.5 Å². The minimum absolute atomic E-state index is 0.0642. The van der Waals surface area contributed by atoms with Crippen LogP contribution in [0.4, 0.5) is 4.39 Å². The Morgan fingerprint density at radius 1 is 1.53 bits per heavy atom. The Bertz CT molecular complexity index is 408. The number of hydrogen-bond acceptors (Lipinski definition) is 2. The summed E-state index contributed by atoms with van der Waals surface area (Å²) < 4.78 is 18.8. The van der Waals surface area contributed by atoms with Crippen LogP contribution in [0.25, 0.3) is 0 Å². The molecule has 4 heteroatoms. The predicted octanol–water partition coefficient (Wildman–Crippen LogP) is 2.74. The topological polar surface area (TPSA) is 21.3 Å². The first-order valence-corrected chi connectivity index (χ1v) is 6.30. The van der Waals surface area contributed by atoms with E-state index in [0.29, 0.717) is 5.88 Å². The molecule has 1 unspecified atom stereocenters. The number of hydrogen-bond donors (Lipinski definition) is 1. The SMILES string of the molecule is CC(C)(CCl)NCC1Cc2cc(F)ccc2O1. The van der Waals surface area contributed by atoms with E-state index in [1.807, 2.05) is 13.8 Å². The van der Waals surface area contributed by atoms with Gasteiger partial charge < -0.3 is 10.1 Å². The van der Waals surface area contributed by atoms with E-state index in [4.69, 9.17) is 16.3 Å². The van der Waals surface area contributed by atoms with Crippen LogP contribution in [0.2, 0.25) is 0 Å². The molecule has 1 aliphatic heterocycles. The summed E-state index contributed by atoms with van der Waals surface area (Å²) in [5.41, 5.74) is 0.839. The van der Waals surface area contributed by atoms with Crippen LogP contribution in [0.1, 0.15) is 19.4 Å². The lowest BCUT2D eigenvalue weighted by molar-refractivity contribution is 0.213. The number of fused-ring (bicyclic) bond motifs is 1. The van der Waals surface area contributed by atoms with E-state index in [1.54, 1.807) is 12.1 Å². The Morgan fingerprint density at radius 2 is 2.29 bits per heavy atom. The van der Waals surface area contributed by atoms with Crippen molar-refractivity contribution in [3.63, 3.8) is 0 Å². The van der Waals surface area contributed by atoms with Gasteiger partial charge in [-0.2, -0.15) is 0 Å². The second-order valence-corrected chi connectivity index (χ2v) is 5.36. The smallest absolute Gasteiger partial charge is 0.123 e. The molecule has 1 N–H and O–H groups in total. The molecule has 1 aliphatic rings. The Balaban J connectivity index is 1.92. The first-order chi connectivity index (χ1) is 8.00. The molecule has 17 heavy (non-hydrogen) atoms. The molecule has 0 aromatic heterocycles. The lowest BCUT2D eigenvalue weighted by Gasteiger charge is -2.25. The maximum absolute atomic E-state index is 13.0. The molecule has 1 aromatic carbocycles. The molecule has 0 radical (unpaired) electrons. The highest BCUT2D eigenvalue weighted by molar-refractivity contribution is 6.18. The van der Waals surface area contributed by atoms with Crippen molar-refractivity contribution >= 4 is 11.6 Å². The fraction of sp³-hybridized carbons (Fsp3) is 0.538. The molecule has 0 aliphatic carbocycles. The van der Waals surface area contributed by atoms with Gasteiger partial charge >= 0.3 is 0 Å². The summed E-state index contributed by atoms with van der Waals surface area (Å²) >= 11 is 5.84. The van der Waals surface area contributed by atoms with Crippen LogP contribution in [-0.4, -0.2) is 24.1 Å². The van der Waals surface area contributed by atoms with Gasteiger partial charge in [0.15, 0.2) is 0 Å². The Kier molecular flexibility index (Phi) is 3.59. The molecule has 2 nitrogen and oxygen atoms in total. The molecular formula is C13H17ClFNO. The first-order valence-electron chi connectivity index (χ1n) is 5.76. The Morgan fingerprint density at radius 3 is 3.00 bits per heavy atom. The van der Waals surface area contributed by atoms with Crippen molar-refractivity contribution in [1.29, 1.82) is 0 Å². The molecule has 2 rings (SSSR count). The largest absolute Gasteiger partial charge is 0.488 e. The third kappa shape index (κ3) is 3.11. The molecule has 0 amide bonds. The van der Waals surface area contributed by atoms with Gasteiger partial charge in [0, 0.05) is 29.9 Å². The van der Waals surface area contributed by atoms with E-state index in [9.17, 15) is 4.39 Å². The molecule has 0 bridgehead atoms. The summed E-state index contributed by atoms with van der Waals surface area (Å²) in [6, 6.07) is 4.66. The fourth-order valence-corrected chi connectivity index (χ4v) is 1.93. The molecule has 1 heterocycles. The van der Waals surface area contributed by atoms with Crippen molar-refractivity contribution in [1.82, 2.24) is 5.32 Å². The second-order valence-electron chi connectivity index (χ2n) is 5.09. The van der Waals surface area contributed by atoms with Gasteiger partial charge in [0.25, 0.3) is 0 Å². The van der Waals surface area contributed by atoms with Crippen LogP contribution in [0, 0.1) is 5.82 Å². The molecule has 0 fully saturated rings. The quantitative estimate of drug-likeness (QED) is 0.838. The molecule has 94 valence electrons. The van der Waals surface area contributed by atoms with Crippen LogP contribution >= 0.6 is 11.6 Å². The van der Waals surface area contributed by atoms with Gasteiger partial charge in [-0.1, -0.05) is 0 Å². The highest BCUT2D eigenvalue weighted by Gasteiger charge is 2.25. The van der Waals surface area contributed by atoms with Gasteiger partial charge in [0.05, 0.1) is 0 Å². The fourth-order valence-electron chi connectivity index (χ4n) is 1.84. The molecule has 1 aromatic rings. The predicted molar refractivity (Wildman–Crippen MR) is 67.3 cm³/mol. The number of halogens is 2. The standard InChI is InChI=1S/C13H17ClFNO/c1-13(2,8-14)16-7-11-6-9-5-10(15)3-4-12(9)17-11/h3-5,11,16H,6-8H2,1-2H3. The van der Waals surface area contributed by atoms with E-state index >= 15 is 0 Å². The van der Waals surface area contributed by atoms with Crippen molar-refractivity contribution in [3.8, 4) is 5.75 Å². The minimum atomic E-state index is -0.206. The third-order valence-corrected chi connectivity index (χ3v) is 3.57. The number of nitrogens with one attached hydrogen (secondary N) is 1. The van der Waals surface area contributed by atoms with Crippen LogP contribution < -0.4 is 10.1 Å². The lowest BCUT2D eigenvalue weighted by Crippen LogP contribution is -2.45. The van der Waals surface area contributed by atoms with E-state index in [0.717, 1.165) is 24.3 Å². The van der Waals surface area contributed by atoms with Crippen LogP contribution in [-0.2, 0) is 6.42 Å². The van der Waals surface area contributed by atoms with Crippen molar-refractivity contribution in [2.75, 3.05) is 12.4 Å². The first kappa shape index (κ1) is 12.7. The van der Waals surface area contributed by atoms with Crippen molar-refractivity contribution in [3.05, 3.63) is 29.6 Å². The van der Waals surface area contributed by atoms with Crippen molar-refractivity contribution in [2.24, 2.45) is 0 Å². The van der Waals surface area contributed by atoms with Gasteiger partial charge in [-0.15, -0.1) is 11.6 Å². The molecule has 1 atom stereocenters. The van der Waals surface area contributed by atoms with Gasteiger partial charge in [-0.3, -0.25) is 0 Å². The highest BCUT2D eigenvalue weighted by Crippen LogP contribution is 2.29.